The number of rotatable bonds is 3. The SMILES string of the molecule is O=C(Nc1ccc(Br)cc1F)C1CCN(C(=O)c2ccc(Cl)cc2)CC1. The summed E-state index contributed by atoms with van der Waals surface area (Å²) < 4.78 is 14.5. The van der Waals surface area contributed by atoms with Gasteiger partial charge in [0, 0.05) is 34.1 Å². The zero-order chi connectivity index (χ0) is 18.7. The van der Waals surface area contributed by atoms with Crippen LogP contribution in [0.1, 0.15) is 23.2 Å². The maximum absolute atomic E-state index is 13.9. The Morgan fingerprint density at radius 1 is 1.12 bits per heavy atom. The molecule has 1 aliphatic rings. The van der Waals surface area contributed by atoms with Crippen LogP contribution in [-0.2, 0) is 4.79 Å². The van der Waals surface area contributed by atoms with Gasteiger partial charge in [0.05, 0.1) is 5.69 Å². The van der Waals surface area contributed by atoms with E-state index in [1.54, 1.807) is 35.2 Å². The molecule has 0 radical (unpaired) electrons. The van der Waals surface area contributed by atoms with E-state index in [2.05, 4.69) is 21.2 Å². The Morgan fingerprint density at radius 2 is 1.77 bits per heavy atom. The van der Waals surface area contributed by atoms with E-state index in [9.17, 15) is 14.0 Å². The topological polar surface area (TPSA) is 49.4 Å². The van der Waals surface area contributed by atoms with E-state index in [0.717, 1.165) is 0 Å². The molecule has 136 valence electrons. The highest BCUT2D eigenvalue weighted by Crippen LogP contribution is 2.24. The molecule has 1 saturated heterocycles. The molecule has 1 aliphatic heterocycles. The maximum Gasteiger partial charge on any atom is 0.253 e. The molecule has 0 spiro atoms. The van der Waals surface area contributed by atoms with E-state index in [0.29, 0.717) is 41.0 Å². The van der Waals surface area contributed by atoms with E-state index in [4.69, 9.17) is 11.6 Å². The first-order valence-electron chi connectivity index (χ1n) is 8.25. The molecule has 1 fully saturated rings. The highest BCUT2D eigenvalue weighted by atomic mass is 79.9. The number of benzene rings is 2. The van der Waals surface area contributed by atoms with Crippen LogP contribution in [0.3, 0.4) is 0 Å². The summed E-state index contributed by atoms with van der Waals surface area (Å²) in [5.74, 6) is -1.01. The van der Waals surface area contributed by atoms with Gasteiger partial charge in [-0.1, -0.05) is 27.5 Å². The highest BCUT2D eigenvalue weighted by Gasteiger charge is 2.28. The first-order valence-corrected chi connectivity index (χ1v) is 9.42. The van der Waals surface area contributed by atoms with Crippen LogP contribution < -0.4 is 5.32 Å². The number of nitrogens with one attached hydrogen (secondary N) is 1. The molecule has 4 nitrogen and oxygen atoms in total. The third kappa shape index (κ3) is 4.43. The molecule has 26 heavy (non-hydrogen) atoms. The lowest BCUT2D eigenvalue weighted by atomic mass is 9.95. The van der Waals surface area contributed by atoms with Gasteiger partial charge in [-0.25, -0.2) is 4.39 Å². The molecular weight excluding hydrogens is 423 g/mol. The third-order valence-electron chi connectivity index (χ3n) is 4.43. The van der Waals surface area contributed by atoms with Crippen molar-refractivity contribution in [3.8, 4) is 0 Å². The molecule has 2 amide bonds. The summed E-state index contributed by atoms with van der Waals surface area (Å²) in [5.41, 5.74) is 0.743. The monoisotopic (exact) mass is 438 g/mol. The second-order valence-electron chi connectivity index (χ2n) is 6.19. The van der Waals surface area contributed by atoms with E-state index in [1.165, 1.54) is 12.1 Å². The van der Waals surface area contributed by atoms with Gasteiger partial charge in [-0.15, -0.1) is 0 Å². The first-order chi connectivity index (χ1) is 12.4. The minimum absolute atomic E-state index is 0.0699. The van der Waals surface area contributed by atoms with Crippen molar-refractivity contribution in [3.05, 3.63) is 63.3 Å². The van der Waals surface area contributed by atoms with Gasteiger partial charge in [-0.05, 0) is 55.3 Å². The number of piperidine rings is 1. The summed E-state index contributed by atoms with van der Waals surface area (Å²) in [6.07, 6.45) is 1.09. The van der Waals surface area contributed by atoms with Crippen LogP contribution in [0.4, 0.5) is 10.1 Å². The van der Waals surface area contributed by atoms with Crippen LogP contribution in [-0.4, -0.2) is 29.8 Å². The van der Waals surface area contributed by atoms with Crippen molar-refractivity contribution < 1.29 is 14.0 Å². The second-order valence-corrected chi connectivity index (χ2v) is 7.54. The van der Waals surface area contributed by atoms with Gasteiger partial charge < -0.3 is 10.2 Å². The largest absolute Gasteiger partial charge is 0.339 e. The Kier molecular flexibility index (Phi) is 5.94. The number of halogens is 3. The smallest absolute Gasteiger partial charge is 0.253 e. The standard InChI is InChI=1S/C19H17BrClFN2O2/c20-14-3-6-17(16(22)11-14)23-18(25)12-7-9-24(10-8-12)19(26)13-1-4-15(21)5-2-13/h1-6,11-12H,7-10H2,(H,23,25). The molecule has 0 unspecified atom stereocenters. The summed E-state index contributed by atoms with van der Waals surface area (Å²) in [5, 5.41) is 3.22. The van der Waals surface area contributed by atoms with Crippen molar-refractivity contribution in [2.75, 3.05) is 18.4 Å². The molecule has 1 heterocycles. The van der Waals surface area contributed by atoms with Crippen LogP contribution in [0.25, 0.3) is 0 Å². The predicted octanol–water partition coefficient (Wildman–Crippen LogP) is 4.73. The minimum atomic E-state index is -0.483. The molecule has 0 saturated carbocycles. The minimum Gasteiger partial charge on any atom is -0.339 e. The summed E-state index contributed by atoms with van der Waals surface area (Å²) >= 11 is 9.03. The van der Waals surface area contributed by atoms with Crippen LogP contribution in [0, 0.1) is 11.7 Å². The average molecular weight is 440 g/mol. The van der Waals surface area contributed by atoms with Gasteiger partial charge in [0.25, 0.3) is 5.91 Å². The summed E-state index contributed by atoms with van der Waals surface area (Å²) in [7, 11) is 0. The van der Waals surface area contributed by atoms with Gasteiger partial charge >= 0.3 is 0 Å². The quantitative estimate of drug-likeness (QED) is 0.751. The van der Waals surface area contributed by atoms with E-state index >= 15 is 0 Å². The summed E-state index contributed by atoms with van der Waals surface area (Å²) in [4.78, 5) is 26.6. The highest BCUT2D eigenvalue weighted by molar-refractivity contribution is 9.10. The Labute approximate surface area is 164 Å². The number of nitrogens with zero attached hydrogens (tertiary/aromatic N) is 1. The summed E-state index contributed by atoms with van der Waals surface area (Å²) in [6.45, 7) is 0.977. The van der Waals surface area contributed by atoms with Crippen molar-refractivity contribution >= 4 is 45.0 Å². The number of hydrogen-bond donors (Lipinski definition) is 1. The molecule has 1 N–H and O–H groups in total. The fourth-order valence-corrected chi connectivity index (χ4v) is 3.40. The molecule has 2 aromatic carbocycles. The second kappa shape index (κ2) is 8.18. The van der Waals surface area contributed by atoms with Gasteiger partial charge in [0.15, 0.2) is 0 Å². The number of amides is 2. The zero-order valence-corrected chi connectivity index (χ0v) is 16.2. The lowest BCUT2D eigenvalue weighted by Gasteiger charge is -2.31. The fourth-order valence-electron chi connectivity index (χ4n) is 2.95. The zero-order valence-electron chi connectivity index (χ0n) is 13.8. The van der Waals surface area contributed by atoms with Gasteiger partial charge in [0.2, 0.25) is 5.91 Å². The van der Waals surface area contributed by atoms with E-state index in [-0.39, 0.29) is 23.4 Å². The number of likely N-dealkylation sites (tertiary alicyclic amines) is 1. The number of hydrogen-bond acceptors (Lipinski definition) is 2. The number of carbonyl (C=O) groups is 2. The molecule has 7 heteroatoms. The molecule has 3 rings (SSSR count). The first kappa shape index (κ1) is 18.9. The fraction of sp³-hybridized carbons (Fsp3) is 0.263. The Morgan fingerprint density at radius 3 is 2.38 bits per heavy atom. The van der Waals surface area contributed by atoms with Gasteiger partial charge in [-0.3, -0.25) is 9.59 Å². The van der Waals surface area contributed by atoms with Crippen molar-refractivity contribution in [1.82, 2.24) is 4.90 Å². The predicted molar refractivity (Wildman–Crippen MR) is 103 cm³/mol. The van der Waals surface area contributed by atoms with Crippen molar-refractivity contribution in [3.63, 3.8) is 0 Å². The molecule has 0 aromatic heterocycles. The molecule has 2 aromatic rings. The third-order valence-corrected chi connectivity index (χ3v) is 5.18. The van der Waals surface area contributed by atoms with Crippen LogP contribution in [0.15, 0.2) is 46.9 Å². The van der Waals surface area contributed by atoms with Crippen LogP contribution in [0.2, 0.25) is 5.02 Å². The Hall–Kier alpha value is -1.92. The Balaban J connectivity index is 1.56. The van der Waals surface area contributed by atoms with Crippen molar-refractivity contribution in [1.29, 1.82) is 0 Å². The van der Waals surface area contributed by atoms with Crippen molar-refractivity contribution in [2.45, 2.75) is 12.8 Å². The maximum atomic E-state index is 13.9. The van der Waals surface area contributed by atoms with E-state index in [1.807, 2.05) is 0 Å². The number of carbonyl (C=O) groups excluding carboxylic acids is 2. The molecular formula is C19H17BrClFN2O2. The number of anilines is 1. The van der Waals surface area contributed by atoms with Crippen molar-refractivity contribution in [2.24, 2.45) is 5.92 Å². The normalized spacial score (nSPS) is 15.0. The van der Waals surface area contributed by atoms with Gasteiger partial charge in [-0.2, -0.15) is 0 Å². The average Bonchev–Trinajstić information content (AvgIpc) is 2.64. The van der Waals surface area contributed by atoms with Gasteiger partial charge in [0.1, 0.15) is 5.82 Å². The lowest BCUT2D eigenvalue weighted by molar-refractivity contribution is -0.121. The van der Waals surface area contributed by atoms with Crippen LogP contribution >= 0.6 is 27.5 Å². The lowest BCUT2D eigenvalue weighted by Crippen LogP contribution is -2.41. The van der Waals surface area contributed by atoms with E-state index < -0.39 is 5.82 Å². The molecule has 0 bridgehead atoms. The Bertz CT molecular complexity index is 821. The summed E-state index contributed by atoms with van der Waals surface area (Å²) in [6, 6.07) is 11.3. The molecule has 0 aliphatic carbocycles. The molecule has 0 atom stereocenters. The van der Waals surface area contributed by atoms with Crippen LogP contribution in [0.5, 0.6) is 0 Å².